The average molecular weight is 264 g/mol. The van der Waals surface area contributed by atoms with Crippen molar-refractivity contribution in [1.82, 2.24) is 9.97 Å². The molecule has 0 spiro atoms. The molecular formula is C14H14F2N2O. The third-order valence-electron chi connectivity index (χ3n) is 2.80. The van der Waals surface area contributed by atoms with Gasteiger partial charge in [0, 0.05) is 29.9 Å². The maximum absolute atomic E-state index is 13.1. The predicted octanol–water partition coefficient (Wildman–Crippen LogP) is 2.71. The number of rotatable bonds is 3. The molecule has 19 heavy (non-hydrogen) atoms. The molecule has 1 heterocycles. The van der Waals surface area contributed by atoms with Gasteiger partial charge >= 0.3 is 0 Å². The molecule has 1 aromatic carbocycles. The molecule has 2 aromatic rings. The fourth-order valence-corrected chi connectivity index (χ4v) is 1.92. The third-order valence-corrected chi connectivity index (χ3v) is 2.80. The quantitative estimate of drug-likeness (QED) is 0.927. The van der Waals surface area contributed by atoms with Gasteiger partial charge in [0.15, 0.2) is 0 Å². The van der Waals surface area contributed by atoms with Crippen molar-refractivity contribution in [3.8, 4) is 0 Å². The summed E-state index contributed by atoms with van der Waals surface area (Å²) in [5.41, 5.74) is 1.78. The molecule has 100 valence electrons. The summed E-state index contributed by atoms with van der Waals surface area (Å²) in [5.74, 6) is -0.772. The SMILES string of the molecule is Cc1nc(Cc2cc(F)cc(F)c2)ncc1[C@H](C)O. The number of aromatic nitrogens is 2. The Balaban J connectivity index is 2.26. The maximum Gasteiger partial charge on any atom is 0.132 e. The van der Waals surface area contributed by atoms with Crippen LogP contribution in [-0.2, 0) is 6.42 Å². The monoisotopic (exact) mass is 264 g/mol. The average Bonchev–Trinajstić information content (AvgIpc) is 2.26. The summed E-state index contributed by atoms with van der Waals surface area (Å²) in [4.78, 5) is 8.33. The molecule has 0 aliphatic heterocycles. The third kappa shape index (κ3) is 3.32. The molecule has 0 saturated heterocycles. The predicted molar refractivity (Wildman–Crippen MR) is 66.6 cm³/mol. The zero-order chi connectivity index (χ0) is 14.0. The lowest BCUT2D eigenvalue weighted by molar-refractivity contribution is 0.197. The van der Waals surface area contributed by atoms with Crippen molar-refractivity contribution in [1.29, 1.82) is 0 Å². The smallest absolute Gasteiger partial charge is 0.132 e. The van der Waals surface area contributed by atoms with Gasteiger partial charge < -0.3 is 5.11 Å². The number of hydrogen-bond acceptors (Lipinski definition) is 3. The lowest BCUT2D eigenvalue weighted by atomic mass is 10.1. The van der Waals surface area contributed by atoms with E-state index in [0.717, 1.165) is 6.07 Å². The van der Waals surface area contributed by atoms with Gasteiger partial charge in [0.05, 0.1) is 6.10 Å². The number of benzene rings is 1. The van der Waals surface area contributed by atoms with Gasteiger partial charge in [-0.25, -0.2) is 18.7 Å². The second-order valence-corrected chi connectivity index (χ2v) is 4.46. The van der Waals surface area contributed by atoms with Crippen LogP contribution < -0.4 is 0 Å². The van der Waals surface area contributed by atoms with Crippen molar-refractivity contribution in [2.75, 3.05) is 0 Å². The van der Waals surface area contributed by atoms with E-state index in [4.69, 9.17) is 0 Å². The normalized spacial score (nSPS) is 12.5. The Morgan fingerprint density at radius 2 is 1.84 bits per heavy atom. The molecule has 0 aliphatic carbocycles. The zero-order valence-electron chi connectivity index (χ0n) is 10.7. The highest BCUT2D eigenvalue weighted by Crippen LogP contribution is 2.16. The summed E-state index contributed by atoms with van der Waals surface area (Å²) in [6, 6.07) is 3.33. The molecule has 3 nitrogen and oxygen atoms in total. The van der Waals surface area contributed by atoms with Crippen LogP contribution in [0.1, 0.15) is 35.7 Å². The van der Waals surface area contributed by atoms with Gasteiger partial charge in [0.25, 0.3) is 0 Å². The molecule has 0 radical (unpaired) electrons. The van der Waals surface area contributed by atoms with Crippen LogP contribution in [0.25, 0.3) is 0 Å². The van der Waals surface area contributed by atoms with Crippen LogP contribution >= 0.6 is 0 Å². The van der Waals surface area contributed by atoms with Crippen LogP contribution in [0.5, 0.6) is 0 Å². The van der Waals surface area contributed by atoms with Crippen LogP contribution in [0.2, 0.25) is 0 Å². The Hall–Kier alpha value is -1.88. The van der Waals surface area contributed by atoms with Crippen molar-refractivity contribution >= 4 is 0 Å². The molecule has 1 atom stereocenters. The summed E-state index contributed by atoms with van der Waals surface area (Å²) >= 11 is 0. The maximum atomic E-state index is 13.1. The number of hydrogen-bond donors (Lipinski definition) is 1. The lowest BCUT2D eigenvalue weighted by Gasteiger charge is -2.09. The van der Waals surface area contributed by atoms with Gasteiger partial charge in [-0.2, -0.15) is 0 Å². The number of aryl methyl sites for hydroxylation is 1. The Morgan fingerprint density at radius 1 is 1.21 bits per heavy atom. The first-order valence-electron chi connectivity index (χ1n) is 5.91. The topological polar surface area (TPSA) is 46.0 Å². The summed E-state index contributed by atoms with van der Waals surface area (Å²) < 4.78 is 26.1. The fraction of sp³-hybridized carbons (Fsp3) is 0.286. The highest BCUT2D eigenvalue weighted by Gasteiger charge is 2.09. The second-order valence-electron chi connectivity index (χ2n) is 4.46. The van der Waals surface area contributed by atoms with E-state index in [1.807, 2.05) is 0 Å². The molecule has 0 bridgehead atoms. The van der Waals surface area contributed by atoms with E-state index >= 15 is 0 Å². The highest BCUT2D eigenvalue weighted by atomic mass is 19.1. The van der Waals surface area contributed by atoms with Crippen molar-refractivity contribution < 1.29 is 13.9 Å². The summed E-state index contributed by atoms with van der Waals surface area (Å²) in [6.45, 7) is 3.40. The van der Waals surface area contributed by atoms with E-state index in [1.54, 1.807) is 13.8 Å². The second kappa shape index (κ2) is 5.40. The molecule has 0 saturated carbocycles. The van der Waals surface area contributed by atoms with Gasteiger partial charge in [-0.05, 0) is 31.5 Å². The van der Waals surface area contributed by atoms with Gasteiger partial charge in [-0.3, -0.25) is 0 Å². The van der Waals surface area contributed by atoms with E-state index in [2.05, 4.69) is 9.97 Å². The fourth-order valence-electron chi connectivity index (χ4n) is 1.92. The number of aliphatic hydroxyl groups excluding tert-OH is 1. The van der Waals surface area contributed by atoms with Gasteiger partial charge in [-0.15, -0.1) is 0 Å². The Morgan fingerprint density at radius 3 is 2.37 bits per heavy atom. The van der Waals surface area contributed by atoms with Crippen LogP contribution in [0, 0.1) is 18.6 Å². The van der Waals surface area contributed by atoms with Crippen LogP contribution in [0.15, 0.2) is 24.4 Å². The molecule has 2 rings (SSSR count). The minimum atomic E-state index is -0.638. The summed E-state index contributed by atoms with van der Waals surface area (Å²) in [7, 11) is 0. The number of aliphatic hydroxyl groups is 1. The Kier molecular flexibility index (Phi) is 3.85. The van der Waals surface area contributed by atoms with E-state index in [0.29, 0.717) is 22.6 Å². The molecule has 0 amide bonds. The molecule has 1 N–H and O–H groups in total. The Labute approximate surface area is 110 Å². The van der Waals surface area contributed by atoms with Crippen LogP contribution in [-0.4, -0.2) is 15.1 Å². The number of halogens is 2. The molecule has 1 aromatic heterocycles. The van der Waals surface area contributed by atoms with Crippen LogP contribution in [0.3, 0.4) is 0 Å². The molecule has 0 aliphatic rings. The van der Waals surface area contributed by atoms with Crippen molar-refractivity contribution in [3.63, 3.8) is 0 Å². The Bertz CT molecular complexity index is 580. The van der Waals surface area contributed by atoms with E-state index < -0.39 is 17.7 Å². The standard InChI is InChI=1S/C14H14F2N2O/c1-8-13(9(2)19)7-17-14(18-8)5-10-3-11(15)6-12(16)4-10/h3-4,6-7,9,19H,5H2,1-2H3/t9-/m0/s1. The molecule has 5 heteroatoms. The van der Waals surface area contributed by atoms with Gasteiger partial charge in [-0.1, -0.05) is 0 Å². The van der Waals surface area contributed by atoms with Gasteiger partial charge in [0.2, 0.25) is 0 Å². The minimum absolute atomic E-state index is 0.246. The minimum Gasteiger partial charge on any atom is -0.389 e. The molecule has 0 fully saturated rings. The van der Waals surface area contributed by atoms with E-state index in [9.17, 15) is 13.9 Å². The van der Waals surface area contributed by atoms with Crippen molar-refractivity contribution in [2.24, 2.45) is 0 Å². The highest BCUT2D eigenvalue weighted by molar-refractivity contribution is 5.24. The summed E-state index contributed by atoms with van der Waals surface area (Å²) in [6.07, 6.45) is 1.15. The first kappa shape index (κ1) is 13.5. The molecule has 0 unspecified atom stereocenters. The largest absolute Gasteiger partial charge is 0.389 e. The first-order chi connectivity index (χ1) is 8.95. The number of nitrogens with zero attached hydrogens (tertiary/aromatic N) is 2. The van der Waals surface area contributed by atoms with Crippen molar-refractivity contribution in [2.45, 2.75) is 26.4 Å². The zero-order valence-corrected chi connectivity index (χ0v) is 10.7. The van der Waals surface area contributed by atoms with E-state index in [1.165, 1.54) is 18.3 Å². The van der Waals surface area contributed by atoms with Gasteiger partial charge in [0.1, 0.15) is 17.5 Å². The van der Waals surface area contributed by atoms with E-state index in [-0.39, 0.29) is 6.42 Å². The first-order valence-corrected chi connectivity index (χ1v) is 5.91. The lowest BCUT2D eigenvalue weighted by Crippen LogP contribution is -2.04. The molecular weight excluding hydrogens is 250 g/mol. The van der Waals surface area contributed by atoms with Crippen molar-refractivity contribution in [3.05, 3.63) is 58.7 Å². The summed E-state index contributed by atoms with van der Waals surface area (Å²) in [5, 5.41) is 9.48. The van der Waals surface area contributed by atoms with Crippen LogP contribution in [0.4, 0.5) is 8.78 Å².